The lowest BCUT2D eigenvalue weighted by Gasteiger charge is -2.11. The lowest BCUT2D eigenvalue weighted by Crippen LogP contribution is -1.96. The molecule has 88 valence electrons. The van der Waals surface area contributed by atoms with Gasteiger partial charge in [-0.2, -0.15) is 0 Å². The van der Waals surface area contributed by atoms with Crippen molar-refractivity contribution in [3.05, 3.63) is 34.4 Å². The van der Waals surface area contributed by atoms with E-state index in [1.165, 1.54) is 0 Å². The van der Waals surface area contributed by atoms with Crippen molar-refractivity contribution in [2.75, 3.05) is 13.0 Å². The van der Waals surface area contributed by atoms with Gasteiger partial charge in [0.15, 0.2) is 0 Å². The molecule has 0 unspecified atom stereocenters. The van der Waals surface area contributed by atoms with E-state index in [0.29, 0.717) is 16.8 Å². The van der Waals surface area contributed by atoms with Crippen LogP contribution in [0.1, 0.15) is 19.4 Å². The predicted octanol–water partition coefficient (Wildman–Crippen LogP) is 4.63. The van der Waals surface area contributed by atoms with Crippen LogP contribution in [0.2, 0.25) is 5.02 Å². The number of rotatable bonds is 4. The summed E-state index contributed by atoms with van der Waals surface area (Å²) in [6.45, 7) is 4.22. The van der Waals surface area contributed by atoms with Crippen molar-refractivity contribution < 1.29 is 4.74 Å². The van der Waals surface area contributed by atoms with Crippen LogP contribution in [0.4, 0.5) is 0 Å². The fourth-order valence-electron chi connectivity index (χ4n) is 1.38. The molecule has 0 aliphatic heterocycles. The maximum Gasteiger partial charge on any atom is 0.127 e. The first-order valence-electron chi connectivity index (χ1n) is 5.19. The van der Waals surface area contributed by atoms with Gasteiger partial charge in [0.2, 0.25) is 0 Å². The highest BCUT2D eigenvalue weighted by atomic mass is 35.5. The van der Waals surface area contributed by atoms with Crippen LogP contribution in [0, 0.1) is 5.92 Å². The first kappa shape index (κ1) is 13.4. The minimum Gasteiger partial charge on any atom is -0.496 e. The van der Waals surface area contributed by atoms with Crippen molar-refractivity contribution in [3.63, 3.8) is 0 Å². The molecule has 1 aromatic carbocycles. The Morgan fingerprint density at radius 2 is 2.12 bits per heavy atom. The Balaban J connectivity index is 3.21. The molecule has 0 spiro atoms. The third kappa shape index (κ3) is 3.16. The molecule has 0 aliphatic carbocycles. The van der Waals surface area contributed by atoms with Crippen molar-refractivity contribution in [2.45, 2.75) is 13.8 Å². The van der Waals surface area contributed by atoms with Gasteiger partial charge < -0.3 is 4.74 Å². The molecule has 0 aliphatic rings. The maximum absolute atomic E-state index is 6.15. The molecule has 1 aromatic rings. The molecule has 1 nitrogen and oxygen atoms in total. The molecule has 0 heterocycles. The number of hydrogen-bond donors (Lipinski definition) is 0. The van der Waals surface area contributed by atoms with Gasteiger partial charge in [0, 0.05) is 11.4 Å². The summed E-state index contributed by atoms with van der Waals surface area (Å²) in [5.74, 6) is 1.68. The summed E-state index contributed by atoms with van der Waals surface area (Å²) >= 11 is 12.1. The zero-order chi connectivity index (χ0) is 12.1. The van der Waals surface area contributed by atoms with Crippen molar-refractivity contribution in [1.82, 2.24) is 0 Å². The summed E-state index contributed by atoms with van der Waals surface area (Å²) in [6.07, 6.45) is 2.01. The summed E-state index contributed by atoms with van der Waals surface area (Å²) in [5, 5.41) is 0.683. The van der Waals surface area contributed by atoms with Crippen LogP contribution in [-0.4, -0.2) is 13.0 Å². The highest BCUT2D eigenvalue weighted by Crippen LogP contribution is 2.30. The van der Waals surface area contributed by atoms with E-state index in [0.717, 1.165) is 16.9 Å². The number of methoxy groups -OCH3 is 1. The third-order valence-corrected chi connectivity index (χ3v) is 3.10. The molecular weight excluding hydrogens is 243 g/mol. The molecule has 0 saturated carbocycles. The second-order valence-corrected chi connectivity index (χ2v) is 4.54. The van der Waals surface area contributed by atoms with Gasteiger partial charge in [-0.25, -0.2) is 0 Å². The Bertz CT molecular complexity index is 384. The van der Waals surface area contributed by atoms with Crippen molar-refractivity contribution in [2.24, 2.45) is 5.92 Å². The molecule has 1 rings (SSSR count). The summed E-state index contributed by atoms with van der Waals surface area (Å²) < 4.78 is 5.28. The second-order valence-electron chi connectivity index (χ2n) is 3.86. The Morgan fingerprint density at radius 1 is 1.44 bits per heavy atom. The zero-order valence-corrected chi connectivity index (χ0v) is 11.3. The molecule has 0 atom stereocenters. The van der Waals surface area contributed by atoms with Crippen molar-refractivity contribution in [1.29, 1.82) is 0 Å². The molecule has 0 fully saturated rings. The zero-order valence-electron chi connectivity index (χ0n) is 9.76. The van der Waals surface area contributed by atoms with E-state index >= 15 is 0 Å². The van der Waals surface area contributed by atoms with Gasteiger partial charge in [-0.15, -0.1) is 11.6 Å². The van der Waals surface area contributed by atoms with E-state index in [-0.39, 0.29) is 0 Å². The van der Waals surface area contributed by atoms with Gasteiger partial charge in [0.1, 0.15) is 5.75 Å². The summed E-state index contributed by atoms with van der Waals surface area (Å²) in [4.78, 5) is 0. The lowest BCUT2D eigenvalue weighted by molar-refractivity contribution is 0.414. The van der Waals surface area contributed by atoms with E-state index in [1.807, 2.05) is 24.3 Å². The first-order chi connectivity index (χ1) is 7.60. The van der Waals surface area contributed by atoms with Crippen LogP contribution in [0.25, 0.3) is 6.08 Å². The van der Waals surface area contributed by atoms with E-state index in [4.69, 9.17) is 27.9 Å². The quantitative estimate of drug-likeness (QED) is 0.716. The van der Waals surface area contributed by atoms with E-state index in [2.05, 4.69) is 13.8 Å². The van der Waals surface area contributed by atoms with E-state index in [9.17, 15) is 0 Å². The molecule has 0 saturated heterocycles. The Hall–Kier alpha value is -0.660. The van der Waals surface area contributed by atoms with Crippen LogP contribution in [0.3, 0.4) is 0 Å². The molecule has 0 N–H and O–H groups in total. The van der Waals surface area contributed by atoms with Gasteiger partial charge in [0.25, 0.3) is 0 Å². The molecule has 3 heteroatoms. The van der Waals surface area contributed by atoms with Crippen molar-refractivity contribution in [3.8, 4) is 5.75 Å². The maximum atomic E-state index is 6.15. The van der Waals surface area contributed by atoms with Gasteiger partial charge in [-0.05, 0) is 24.1 Å². The first-order valence-corrected chi connectivity index (χ1v) is 6.10. The van der Waals surface area contributed by atoms with E-state index < -0.39 is 0 Å². The van der Waals surface area contributed by atoms with Gasteiger partial charge in [0.05, 0.1) is 12.1 Å². The van der Waals surface area contributed by atoms with Crippen molar-refractivity contribution >= 4 is 29.3 Å². The average molecular weight is 259 g/mol. The normalized spacial score (nSPS) is 12.0. The summed E-state index contributed by atoms with van der Waals surface area (Å²) in [7, 11) is 1.64. The number of hydrogen-bond acceptors (Lipinski definition) is 1. The highest BCUT2D eigenvalue weighted by molar-refractivity contribution is 6.32. The number of allylic oxidation sites excluding steroid dienone is 1. The van der Waals surface area contributed by atoms with E-state index in [1.54, 1.807) is 7.11 Å². The second kappa shape index (κ2) is 6.17. The molecule has 0 aromatic heterocycles. The molecular formula is C13H16Cl2O. The number of alkyl halides is 1. The summed E-state index contributed by atoms with van der Waals surface area (Å²) in [6, 6.07) is 5.61. The fraction of sp³-hybridized carbons (Fsp3) is 0.385. The Morgan fingerprint density at radius 3 is 2.62 bits per heavy atom. The highest BCUT2D eigenvalue weighted by Gasteiger charge is 2.08. The number of benzene rings is 1. The van der Waals surface area contributed by atoms with Crippen LogP contribution in [0.15, 0.2) is 23.8 Å². The Labute approximate surface area is 107 Å². The fourth-order valence-corrected chi connectivity index (χ4v) is 1.99. The van der Waals surface area contributed by atoms with Gasteiger partial charge >= 0.3 is 0 Å². The summed E-state index contributed by atoms with van der Waals surface area (Å²) in [5.41, 5.74) is 2.05. The van der Waals surface area contributed by atoms with Crippen LogP contribution < -0.4 is 4.74 Å². The third-order valence-electron chi connectivity index (χ3n) is 2.46. The molecule has 0 radical (unpaired) electrons. The minimum absolute atomic E-state index is 0.401. The largest absolute Gasteiger partial charge is 0.496 e. The smallest absolute Gasteiger partial charge is 0.127 e. The van der Waals surface area contributed by atoms with Gasteiger partial charge in [-0.1, -0.05) is 37.1 Å². The molecule has 0 bridgehead atoms. The van der Waals surface area contributed by atoms with Gasteiger partial charge in [-0.3, -0.25) is 0 Å². The van der Waals surface area contributed by atoms with Crippen LogP contribution in [-0.2, 0) is 0 Å². The Kier molecular flexibility index (Phi) is 5.17. The average Bonchev–Trinajstić information content (AvgIpc) is 2.26. The predicted molar refractivity (Wildman–Crippen MR) is 71.5 cm³/mol. The monoisotopic (exact) mass is 258 g/mol. The SMILES string of the molecule is COc1cccc(Cl)c1/C=C(/CCl)C(C)C. The number of ether oxygens (including phenoxy) is 1. The molecule has 16 heavy (non-hydrogen) atoms. The minimum atomic E-state index is 0.401. The van der Waals surface area contributed by atoms with Crippen LogP contribution >= 0.6 is 23.2 Å². The lowest BCUT2D eigenvalue weighted by atomic mass is 10.0. The number of halogens is 2. The van der Waals surface area contributed by atoms with Crippen LogP contribution in [0.5, 0.6) is 5.75 Å². The topological polar surface area (TPSA) is 9.23 Å². The molecule has 0 amide bonds. The standard InChI is InChI=1S/C13H16Cl2O/c1-9(2)10(8-14)7-11-12(15)5-4-6-13(11)16-3/h4-7,9H,8H2,1-3H3/b10-7-.